The largest absolute Gasteiger partial charge is 0.490 e. The number of nitrogens with zero attached hydrogens (tertiary/aromatic N) is 2. The molecule has 3 aromatic rings. The summed E-state index contributed by atoms with van der Waals surface area (Å²) in [5, 5.41) is 0. The molecular weight excluding hydrogens is 250 g/mol. The summed E-state index contributed by atoms with van der Waals surface area (Å²) in [7, 11) is 0. The average molecular weight is 267 g/mol. The highest BCUT2D eigenvalue weighted by Crippen LogP contribution is 2.25. The van der Waals surface area contributed by atoms with E-state index in [1.165, 1.54) is 0 Å². The second-order valence-electron chi connectivity index (χ2n) is 4.70. The van der Waals surface area contributed by atoms with E-state index >= 15 is 0 Å². The Morgan fingerprint density at radius 1 is 1.25 bits per heavy atom. The summed E-state index contributed by atoms with van der Waals surface area (Å²) >= 11 is 0. The van der Waals surface area contributed by atoms with Gasteiger partial charge in [0.2, 0.25) is 0 Å². The van der Waals surface area contributed by atoms with Gasteiger partial charge in [-0.2, -0.15) is 0 Å². The van der Waals surface area contributed by atoms with Crippen molar-refractivity contribution in [3.05, 3.63) is 48.8 Å². The van der Waals surface area contributed by atoms with Crippen molar-refractivity contribution in [1.29, 1.82) is 0 Å². The van der Waals surface area contributed by atoms with E-state index in [0.29, 0.717) is 6.61 Å². The van der Waals surface area contributed by atoms with Gasteiger partial charge in [-0.25, -0.2) is 4.98 Å². The van der Waals surface area contributed by atoms with Gasteiger partial charge in [0, 0.05) is 23.6 Å². The van der Waals surface area contributed by atoms with Gasteiger partial charge in [-0.3, -0.25) is 0 Å². The number of ether oxygens (including phenoxy) is 1. The second-order valence-corrected chi connectivity index (χ2v) is 4.70. The second kappa shape index (κ2) is 5.25. The molecule has 0 spiro atoms. The van der Waals surface area contributed by atoms with Crippen LogP contribution in [0.2, 0.25) is 0 Å². The van der Waals surface area contributed by atoms with E-state index in [4.69, 9.17) is 10.5 Å². The number of hydrogen-bond donors (Lipinski definition) is 1. The van der Waals surface area contributed by atoms with Gasteiger partial charge in [0.15, 0.2) is 11.4 Å². The first-order valence-corrected chi connectivity index (χ1v) is 6.74. The molecule has 0 fully saturated rings. The molecule has 20 heavy (non-hydrogen) atoms. The Morgan fingerprint density at radius 3 is 2.95 bits per heavy atom. The normalized spacial score (nSPS) is 10.8. The Bertz CT molecular complexity index is 733. The quantitative estimate of drug-likeness (QED) is 0.737. The van der Waals surface area contributed by atoms with Gasteiger partial charge in [0.1, 0.15) is 0 Å². The van der Waals surface area contributed by atoms with Gasteiger partial charge in [-0.15, -0.1) is 0 Å². The third-order valence-corrected chi connectivity index (χ3v) is 3.09. The minimum Gasteiger partial charge on any atom is -0.490 e. The first kappa shape index (κ1) is 12.5. The van der Waals surface area contributed by atoms with E-state index in [1.807, 2.05) is 53.2 Å². The van der Waals surface area contributed by atoms with Crippen LogP contribution in [0.15, 0.2) is 48.8 Å². The summed E-state index contributed by atoms with van der Waals surface area (Å²) in [4.78, 5) is 4.66. The van der Waals surface area contributed by atoms with Crippen molar-refractivity contribution >= 4 is 11.3 Å². The van der Waals surface area contributed by atoms with Crippen LogP contribution in [-0.4, -0.2) is 16.0 Å². The SMILES string of the molecule is CCCOc1cccn2cc(-c3cccc(N)c3)nc12. The van der Waals surface area contributed by atoms with Crippen molar-refractivity contribution < 1.29 is 4.74 Å². The van der Waals surface area contributed by atoms with E-state index in [-0.39, 0.29) is 0 Å². The lowest BCUT2D eigenvalue weighted by Crippen LogP contribution is -1.97. The molecule has 2 aromatic heterocycles. The van der Waals surface area contributed by atoms with E-state index in [2.05, 4.69) is 11.9 Å². The Balaban J connectivity index is 2.06. The molecule has 0 radical (unpaired) electrons. The van der Waals surface area contributed by atoms with Crippen LogP contribution < -0.4 is 10.5 Å². The van der Waals surface area contributed by atoms with Gasteiger partial charge in [-0.1, -0.05) is 19.1 Å². The molecular formula is C16H17N3O. The number of rotatable bonds is 4. The molecule has 4 nitrogen and oxygen atoms in total. The predicted octanol–water partition coefficient (Wildman–Crippen LogP) is 3.37. The molecule has 2 N–H and O–H groups in total. The Kier molecular flexibility index (Phi) is 3.29. The van der Waals surface area contributed by atoms with Crippen molar-refractivity contribution in [1.82, 2.24) is 9.38 Å². The molecule has 0 amide bonds. The van der Waals surface area contributed by atoms with E-state index in [9.17, 15) is 0 Å². The highest BCUT2D eigenvalue weighted by molar-refractivity contribution is 5.68. The van der Waals surface area contributed by atoms with Crippen LogP contribution in [0.25, 0.3) is 16.9 Å². The third-order valence-electron chi connectivity index (χ3n) is 3.09. The number of anilines is 1. The predicted molar refractivity (Wildman–Crippen MR) is 80.8 cm³/mol. The van der Waals surface area contributed by atoms with Gasteiger partial charge in [-0.05, 0) is 30.7 Å². The van der Waals surface area contributed by atoms with Crippen molar-refractivity contribution in [2.24, 2.45) is 0 Å². The van der Waals surface area contributed by atoms with Crippen molar-refractivity contribution in [3.63, 3.8) is 0 Å². The van der Waals surface area contributed by atoms with Crippen LogP contribution in [-0.2, 0) is 0 Å². The Morgan fingerprint density at radius 2 is 2.15 bits per heavy atom. The fourth-order valence-corrected chi connectivity index (χ4v) is 2.15. The lowest BCUT2D eigenvalue weighted by molar-refractivity contribution is 0.319. The molecule has 0 aliphatic rings. The van der Waals surface area contributed by atoms with Crippen molar-refractivity contribution in [3.8, 4) is 17.0 Å². The highest BCUT2D eigenvalue weighted by atomic mass is 16.5. The molecule has 0 bridgehead atoms. The molecule has 0 aliphatic heterocycles. The fraction of sp³-hybridized carbons (Fsp3) is 0.188. The van der Waals surface area contributed by atoms with E-state index in [1.54, 1.807) is 0 Å². The average Bonchev–Trinajstić information content (AvgIpc) is 2.89. The van der Waals surface area contributed by atoms with Crippen LogP contribution >= 0.6 is 0 Å². The van der Waals surface area contributed by atoms with E-state index in [0.717, 1.165) is 34.8 Å². The zero-order valence-corrected chi connectivity index (χ0v) is 11.4. The maximum absolute atomic E-state index is 5.83. The van der Waals surface area contributed by atoms with Crippen LogP contribution in [0.4, 0.5) is 5.69 Å². The van der Waals surface area contributed by atoms with Crippen LogP contribution in [0.3, 0.4) is 0 Å². The van der Waals surface area contributed by atoms with Crippen LogP contribution in [0, 0.1) is 0 Å². The summed E-state index contributed by atoms with van der Waals surface area (Å²) in [5.41, 5.74) is 9.30. The van der Waals surface area contributed by atoms with Crippen LogP contribution in [0.5, 0.6) is 5.75 Å². The molecule has 2 heterocycles. The molecule has 1 aromatic carbocycles. The first-order valence-electron chi connectivity index (χ1n) is 6.74. The van der Waals surface area contributed by atoms with Crippen molar-refractivity contribution in [2.45, 2.75) is 13.3 Å². The number of hydrogen-bond acceptors (Lipinski definition) is 3. The topological polar surface area (TPSA) is 52.5 Å². The summed E-state index contributed by atoms with van der Waals surface area (Å²) in [6.07, 6.45) is 4.93. The van der Waals surface area contributed by atoms with Gasteiger partial charge in [0.05, 0.1) is 12.3 Å². The number of nitrogen functional groups attached to an aromatic ring is 1. The van der Waals surface area contributed by atoms with Crippen molar-refractivity contribution in [2.75, 3.05) is 12.3 Å². The third kappa shape index (κ3) is 2.32. The lowest BCUT2D eigenvalue weighted by Gasteiger charge is -2.04. The highest BCUT2D eigenvalue weighted by Gasteiger charge is 2.08. The molecule has 0 saturated carbocycles. The molecule has 0 saturated heterocycles. The number of aromatic nitrogens is 2. The number of pyridine rings is 1. The molecule has 102 valence electrons. The maximum Gasteiger partial charge on any atom is 0.180 e. The standard InChI is InChI=1S/C16H17N3O/c1-2-9-20-15-7-4-8-19-11-14(18-16(15)19)12-5-3-6-13(17)10-12/h3-8,10-11H,2,9,17H2,1H3. The summed E-state index contributed by atoms with van der Waals surface area (Å²) < 4.78 is 7.71. The number of imidazole rings is 1. The molecule has 0 aliphatic carbocycles. The molecule has 0 atom stereocenters. The smallest absolute Gasteiger partial charge is 0.180 e. The summed E-state index contributed by atoms with van der Waals surface area (Å²) in [5.74, 6) is 0.810. The first-order chi connectivity index (χ1) is 9.78. The minimum atomic E-state index is 0.695. The maximum atomic E-state index is 5.83. The summed E-state index contributed by atoms with van der Waals surface area (Å²) in [6.45, 7) is 2.78. The Hall–Kier alpha value is -2.49. The van der Waals surface area contributed by atoms with E-state index < -0.39 is 0 Å². The van der Waals surface area contributed by atoms with Gasteiger partial charge >= 0.3 is 0 Å². The summed E-state index contributed by atoms with van der Waals surface area (Å²) in [6, 6.07) is 11.6. The monoisotopic (exact) mass is 267 g/mol. The Labute approximate surface area is 117 Å². The van der Waals surface area contributed by atoms with Gasteiger partial charge < -0.3 is 14.9 Å². The number of fused-ring (bicyclic) bond motifs is 1. The molecule has 4 heteroatoms. The zero-order chi connectivity index (χ0) is 13.9. The minimum absolute atomic E-state index is 0.695. The van der Waals surface area contributed by atoms with Gasteiger partial charge in [0.25, 0.3) is 0 Å². The number of benzene rings is 1. The number of nitrogens with two attached hydrogens (primary N) is 1. The molecule has 3 rings (SSSR count). The fourth-order valence-electron chi connectivity index (χ4n) is 2.15. The van der Waals surface area contributed by atoms with Crippen LogP contribution in [0.1, 0.15) is 13.3 Å². The molecule has 0 unspecified atom stereocenters. The zero-order valence-electron chi connectivity index (χ0n) is 11.4. The lowest BCUT2D eigenvalue weighted by atomic mass is 10.1.